The van der Waals surface area contributed by atoms with Gasteiger partial charge < -0.3 is 5.32 Å². The molecule has 3 nitrogen and oxygen atoms in total. The van der Waals surface area contributed by atoms with Crippen LogP contribution >= 0.6 is 22.9 Å². The van der Waals surface area contributed by atoms with Crippen molar-refractivity contribution in [3.63, 3.8) is 0 Å². The van der Waals surface area contributed by atoms with Crippen LogP contribution in [0.5, 0.6) is 0 Å². The van der Waals surface area contributed by atoms with E-state index in [4.69, 9.17) is 11.6 Å². The normalized spacial score (nSPS) is 12.8. The number of halogens is 1. The summed E-state index contributed by atoms with van der Waals surface area (Å²) in [5.74, 6) is 0. The molecule has 1 N–H and O–H groups in total. The van der Waals surface area contributed by atoms with Crippen molar-refractivity contribution in [3.8, 4) is 0 Å². The number of aromatic nitrogens is 2. The highest BCUT2D eigenvalue weighted by Crippen LogP contribution is 2.32. The van der Waals surface area contributed by atoms with Crippen molar-refractivity contribution in [3.05, 3.63) is 38.8 Å². The second-order valence-corrected chi connectivity index (χ2v) is 6.09. The van der Waals surface area contributed by atoms with Gasteiger partial charge in [-0.25, -0.2) is 0 Å². The average molecular weight is 298 g/mol. The third-order valence-corrected chi connectivity index (χ3v) is 4.73. The summed E-state index contributed by atoms with van der Waals surface area (Å²) in [6, 6.07) is 4.50. The number of aryl methyl sites for hydroxylation is 2. The van der Waals surface area contributed by atoms with Gasteiger partial charge in [-0.15, -0.1) is 11.3 Å². The van der Waals surface area contributed by atoms with Crippen LogP contribution in [0.3, 0.4) is 0 Å². The molecule has 2 aromatic heterocycles. The fourth-order valence-corrected chi connectivity index (χ4v) is 3.52. The maximum atomic E-state index is 6.33. The molecule has 1 unspecified atom stereocenters. The Morgan fingerprint density at radius 3 is 2.79 bits per heavy atom. The van der Waals surface area contributed by atoms with Gasteiger partial charge in [0.2, 0.25) is 0 Å². The number of hydrogen-bond acceptors (Lipinski definition) is 3. The molecule has 19 heavy (non-hydrogen) atoms. The van der Waals surface area contributed by atoms with Crippen LogP contribution in [0.2, 0.25) is 5.02 Å². The minimum absolute atomic E-state index is 0.117. The zero-order chi connectivity index (χ0) is 13.8. The summed E-state index contributed by atoms with van der Waals surface area (Å²) in [4.78, 5) is 2.69. The van der Waals surface area contributed by atoms with E-state index in [0.29, 0.717) is 0 Å². The summed E-state index contributed by atoms with van der Waals surface area (Å²) in [5.41, 5.74) is 1.07. The summed E-state index contributed by atoms with van der Waals surface area (Å²) in [7, 11) is 1.97. The lowest BCUT2D eigenvalue weighted by Crippen LogP contribution is -2.21. The third-order valence-electron chi connectivity index (χ3n) is 3.15. The summed E-state index contributed by atoms with van der Waals surface area (Å²) >= 11 is 8.16. The molecule has 0 aliphatic rings. The van der Waals surface area contributed by atoms with Gasteiger partial charge in [-0.1, -0.05) is 25.4 Å². The predicted octanol–water partition coefficient (Wildman–Crippen LogP) is 3.88. The molecule has 104 valence electrons. The van der Waals surface area contributed by atoms with Gasteiger partial charge in [0, 0.05) is 16.3 Å². The Bertz CT molecular complexity index is 533. The van der Waals surface area contributed by atoms with Crippen LogP contribution < -0.4 is 5.32 Å². The minimum atomic E-state index is 0.117. The van der Waals surface area contributed by atoms with Gasteiger partial charge in [0.05, 0.1) is 23.0 Å². The molecule has 0 aromatic carbocycles. The standard InChI is InChI=1S/C14H20ClN3S/c1-4-8-18-14(11(15)9-17-18)13(16-3)12-7-6-10(5-2)19-12/h6-7,9,13,16H,4-5,8H2,1-3H3. The van der Waals surface area contributed by atoms with Crippen LogP contribution in [0.4, 0.5) is 0 Å². The molecule has 0 bridgehead atoms. The highest BCUT2D eigenvalue weighted by atomic mass is 35.5. The van der Waals surface area contributed by atoms with Gasteiger partial charge in [0.15, 0.2) is 0 Å². The number of thiophene rings is 1. The van der Waals surface area contributed by atoms with Crippen molar-refractivity contribution in [1.29, 1.82) is 0 Å². The third kappa shape index (κ3) is 3.02. The number of nitrogens with zero attached hydrogens (tertiary/aromatic N) is 2. The van der Waals surface area contributed by atoms with Crippen molar-refractivity contribution < 1.29 is 0 Å². The second-order valence-electron chi connectivity index (χ2n) is 4.48. The van der Waals surface area contributed by atoms with Crippen molar-refractivity contribution in [2.24, 2.45) is 0 Å². The van der Waals surface area contributed by atoms with E-state index in [1.165, 1.54) is 9.75 Å². The molecule has 0 saturated carbocycles. The van der Waals surface area contributed by atoms with E-state index in [0.717, 1.165) is 30.1 Å². The van der Waals surface area contributed by atoms with Gasteiger partial charge >= 0.3 is 0 Å². The van der Waals surface area contributed by atoms with E-state index < -0.39 is 0 Å². The predicted molar refractivity (Wildman–Crippen MR) is 82.1 cm³/mol. The van der Waals surface area contributed by atoms with E-state index >= 15 is 0 Å². The number of hydrogen-bond donors (Lipinski definition) is 1. The quantitative estimate of drug-likeness (QED) is 0.877. The molecule has 0 saturated heterocycles. The van der Waals surface area contributed by atoms with Crippen LogP contribution in [0.15, 0.2) is 18.3 Å². The number of rotatable bonds is 6. The van der Waals surface area contributed by atoms with Gasteiger partial charge in [0.25, 0.3) is 0 Å². The Morgan fingerprint density at radius 2 is 2.21 bits per heavy atom. The van der Waals surface area contributed by atoms with E-state index in [1.807, 2.05) is 23.1 Å². The van der Waals surface area contributed by atoms with Crippen molar-refractivity contribution in [2.75, 3.05) is 7.05 Å². The molecule has 0 aliphatic carbocycles. The van der Waals surface area contributed by atoms with Crippen LogP contribution in [0.1, 0.15) is 41.8 Å². The first kappa shape index (κ1) is 14.6. The van der Waals surface area contributed by atoms with E-state index in [2.05, 4.69) is 36.4 Å². The smallest absolute Gasteiger partial charge is 0.0854 e. The minimum Gasteiger partial charge on any atom is -0.307 e. The average Bonchev–Trinajstić information content (AvgIpc) is 3.01. The van der Waals surface area contributed by atoms with Gasteiger partial charge in [-0.05, 0) is 32.0 Å². The monoisotopic (exact) mass is 297 g/mol. The Balaban J connectivity index is 2.38. The molecule has 2 aromatic rings. The largest absolute Gasteiger partial charge is 0.307 e. The van der Waals surface area contributed by atoms with Crippen molar-refractivity contribution in [2.45, 2.75) is 39.3 Å². The lowest BCUT2D eigenvalue weighted by atomic mass is 10.1. The molecule has 0 fully saturated rings. The van der Waals surface area contributed by atoms with Crippen LogP contribution in [0, 0.1) is 0 Å². The Hall–Kier alpha value is -0.840. The van der Waals surface area contributed by atoms with Crippen LogP contribution in [-0.2, 0) is 13.0 Å². The molecule has 1 atom stereocenters. The van der Waals surface area contributed by atoms with E-state index in [9.17, 15) is 0 Å². The highest BCUT2D eigenvalue weighted by Gasteiger charge is 2.21. The van der Waals surface area contributed by atoms with Gasteiger partial charge in [-0.3, -0.25) is 4.68 Å². The van der Waals surface area contributed by atoms with Crippen molar-refractivity contribution >= 4 is 22.9 Å². The van der Waals surface area contributed by atoms with Crippen LogP contribution in [0.25, 0.3) is 0 Å². The second kappa shape index (κ2) is 6.55. The molecule has 2 rings (SSSR count). The highest BCUT2D eigenvalue weighted by molar-refractivity contribution is 7.12. The fourth-order valence-electron chi connectivity index (χ4n) is 2.20. The SMILES string of the molecule is CCCn1ncc(Cl)c1C(NC)c1ccc(CC)s1. The molecular weight excluding hydrogens is 278 g/mol. The van der Waals surface area contributed by atoms with E-state index in [1.54, 1.807) is 6.20 Å². The van der Waals surface area contributed by atoms with Crippen LogP contribution in [-0.4, -0.2) is 16.8 Å². The zero-order valence-electron chi connectivity index (χ0n) is 11.6. The number of nitrogens with one attached hydrogen (secondary N) is 1. The van der Waals surface area contributed by atoms with Gasteiger partial charge in [0.1, 0.15) is 0 Å². The van der Waals surface area contributed by atoms with Crippen molar-refractivity contribution in [1.82, 2.24) is 15.1 Å². The lowest BCUT2D eigenvalue weighted by molar-refractivity contribution is 0.538. The molecule has 5 heteroatoms. The first-order chi connectivity index (χ1) is 9.21. The molecular formula is C14H20ClN3S. The summed E-state index contributed by atoms with van der Waals surface area (Å²) in [6.45, 7) is 5.22. The molecule has 0 aliphatic heterocycles. The summed E-state index contributed by atoms with van der Waals surface area (Å²) in [5, 5.41) is 8.47. The summed E-state index contributed by atoms with van der Waals surface area (Å²) < 4.78 is 2.01. The topological polar surface area (TPSA) is 29.9 Å². The fraction of sp³-hybridized carbons (Fsp3) is 0.500. The lowest BCUT2D eigenvalue weighted by Gasteiger charge is -2.17. The molecule has 0 spiro atoms. The maximum absolute atomic E-state index is 6.33. The maximum Gasteiger partial charge on any atom is 0.0854 e. The molecule has 0 radical (unpaired) electrons. The van der Waals surface area contributed by atoms with E-state index in [-0.39, 0.29) is 6.04 Å². The Kier molecular flexibility index (Phi) is 5.02. The molecule has 0 amide bonds. The first-order valence-electron chi connectivity index (χ1n) is 6.68. The van der Waals surface area contributed by atoms with Gasteiger partial charge in [-0.2, -0.15) is 5.10 Å². The Morgan fingerprint density at radius 1 is 1.42 bits per heavy atom. The Labute approximate surface area is 123 Å². The summed E-state index contributed by atoms with van der Waals surface area (Å²) in [6.07, 6.45) is 3.86. The first-order valence-corrected chi connectivity index (χ1v) is 7.87. The molecule has 2 heterocycles. The zero-order valence-corrected chi connectivity index (χ0v) is 13.2.